The van der Waals surface area contributed by atoms with Gasteiger partial charge in [0.15, 0.2) is 0 Å². The molecule has 1 N–H and O–H groups in total. The van der Waals surface area contributed by atoms with Gasteiger partial charge in [0.05, 0.1) is 45.4 Å². The molecule has 0 aliphatic carbocycles. The lowest BCUT2D eigenvalue weighted by Gasteiger charge is -2.45. The molecule has 8 nitrogen and oxygen atoms in total. The highest BCUT2D eigenvalue weighted by Crippen LogP contribution is 2.54. The summed E-state index contributed by atoms with van der Waals surface area (Å²) in [4.78, 5) is 26.0. The van der Waals surface area contributed by atoms with Crippen molar-refractivity contribution in [3.8, 4) is 10.6 Å². The minimum absolute atomic E-state index is 0.104. The molecule has 0 saturated carbocycles. The van der Waals surface area contributed by atoms with E-state index in [2.05, 4.69) is 20.4 Å². The average molecular weight is 513 g/mol. The van der Waals surface area contributed by atoms with Crippen LogP contribution >= 0.6 is 34.5 Å². The van der Waals surface area contributed by atoms with Gasteiger partial charge in [-0.2, -0.15) is 5.10 Å². The first-order chi connectivity index (χ1) is 16.5. The predicted octanol–water partition coefficient (Wildman–Crippen LogP) is 4.87. The maximum absolute atomic E-state index is 13.6. The highest BCUT2D eigenvalue weighted by atomic mass is 35.5. The number of aromatic nitrogens is 4. The average Bonchev–Trinajstić information content (AvgIpc) is 3.42. The Hall–Kier alpha value is -2.98. The van der Waals surface area contributed by atoms with E-state index in [0.29, 0.717) is 47.0 Å². The van der Waals surface area contributed by atoms with Gasteiger partial charge in [-0.15, -0.1) is 11.3 Å². The Labute approximate surface area is 209 Å². The number of hydrogen-bond acceptors (Lipinski definition) is 7. The molecule has 4 aromatic rings. The summed E-state index contributed by atoms with van der Waals surface area (Å²) in [6, 6.07) is 11.2. The lowest BCUT2D eigenvalue weighted by atomic mass is 9.94. The molecular weight excluding hydrogens is 495 g/mol. The van der Waals surface area contributed by atoms with Crippen molar-refractivity contribution in [2.75, 3.05) is 18.5 Å². The van der Waals surface area contributed by atoms with Crippen molar-refractivity contribution in [1.82, 2.24) is 24.6 Å². The van der Waals surface area contributed by atoms with E-state index in [-0.39, 0.29) is 5.91 Å². The summed E-state index contributed by atoms with van der Waals surface area (Å²) in [7, 11) is 1.83. The third kappa shape index (κ3) is 3.31. The number of thiophene rings is 1. The summed E-state index contributed by atoms with van der Waals surface area (Å²) in [5.74, 6) is 1.07. The number of carbonyl (C=O) groups excluding carboxylic acids is 1. The van der Waals surface area contributed by atoms with E-state index in [1.54, 1.807) is 23.1 Å². The molecule has 1 spiro atoms. The van der Waals surface area contributed by atoms with Crippen molar-refractivity contribution >= 4 is 52.2 Å². The Kier molecular flexibility index (Phi) is 5.11. The third-order valence-corrected chi connectivity index (χ3v) is 8.24. The lowest BCUT2D eigenvalue weighted by Crippen LogP contribution is -2.56. The summed E-state index contributed by atoms with van der Waals surface area (Å²) in [6.45, 7) is 1.29. The van der Waals surface area contributed by atoms with Gasteiger partial charge in [0.1, 0.15) is 11.4 Å². The van der Waals surface area contributed by atoms with Crippen molar-refractivity contribution < 1.29 is 9.53 Å². The molecule has 2 aliphatic rings. The Morgan fingerprint density at radius 1 is 1.21 bits per heavy atom. The topological polar surface area (TPSA) is 85.2 Å². The summed E-state index contributed by atoms with van der Waals surface area (Å²) in [5, 5.41) is 8.34. The molecule has 6 rings (SSSR count). The first kappa shape index (κ1) is 21.5. The second kappa shape index (κ2) is 8.06. The number of aryl methyl sites for hydroxylation is 1. The molecule has 34 heavy (non-hydrogen) atoms. The number of rotatable bonds is 5. The van der Waals surface area contributed by atoms with E-state index in [9.17, 15) is 4.79 Å². The van der Waals surface area contributed by atoms with Gasteiger partial charge in [0, 0.05) is 30.9 Å². The van der Waals surface area contributed by atoms with Crippen LogP contribution in [0, 0.1) is 0 Å². The molecule has 5 heterocycles. The van der Waals surface area contributed by atoms with E-state index in [1.165, 1.54) is 11.3 Å². The number of benzene rings is 1. The molecule has 0 atom stereocenters. The van der Waals surface area contributed by atoms with Gasteiger partial charge in [-0.1, -0.05) is 35.3 Å². The SMILES string of the molecule is Cn1nccc1Nc1nccc(-c2sc3c(c2Cl)C(=O)N(Cc2cccc(Cl)c2)C32COC2)n1. The van der Waals surface area contributed by atoms with E-state index in [1.807, 2.05) is 42.3 Å². The van der Waals surface area contributed by atoms with Crippen LogP contribution in [0.1, 0.15) is 20.8 Å². The number of halogens is 2. The number of fused-ring (bicyclic) bond motifs is 2. The maximum Gasteiger partial charge on any atom is 0.257 e. The highest BCUT2D eigenvalue weighted by Gasteiger charge is 2.57. The van der Waals surface area contributed by atoms with Gasteiger partial charge in [0.25, 0.3) is 5.91 Å². The third-order valence-electron chi connectivity index (χ3n) is 6.11. The van der Waals surface area contributed by atoms with E-state index >= 15 is 0 Å². The van der Waals surface area contributed by atoms with E-state index in [4.69, 9.17) is 27.9 Å². The van der Waals surface area contributed by atoms with Gasteiger partial charge < -0.3 is 15.0 Å². The minimum atomic E-state index is -0.524. The fourth-order valence-electron chi connectivity index (χ4n) is 4.33. The minimum Gasteiger partial charge on any atom is -0.376 e. The van der Waals surface area contributed by atoms with Crippen LogP contribution < -0.4 is 5.32 Å². The molecular formula is C23H18Cl2N6O2S. The zero-order valence-electron chi connectivity index (χ0n) is 18.0. The fourth-order valence-corrected chi connectivity index (χ4v) is 6.31. The molecule has 172 valence electrons. The molecule has 1 aromatic carbocycles. The summed E-state index contributed by atoms with van der Waals surface area (Å²) >= 11 is 14.5. The number of nitrogens with zero attached hydrogens (tertiary/aromatic N) is 5. The van der Waals surface area contributed by atoms with Gasteiger partial charge in [-0.3, -0.25) is 9.48 Å². The fraction of sp³-hybridized carbons (Fsp3) is 0.217. The van der Waals surface area contributed by atoms with Crippen LogP contribution in [0.3, 0.4) is 0 Å². The molecule has 11 heteroatoms. The first-order valence-electron chi connectivity index (χ1n) is 10.5. The van der Waals surface area contributed by atoms with Gasteiger partial charge in [0.2, 0.25) is 5.95 Å². The van der Waals surface area contributed by atoms with Crippen LogP contribution in [0.5, 0.6) is 0 Å². The van der Waals surface area contributed by atoms with Crippen LogP contribution in [-0.4, -0.2) is 43.8 Å². The number of ether oxygens (including phenoxy) is 1. The largest absolute Gasteiger partial charge is 0.376 e. The van der Waals surface area contributed by atoms with Crippen LogP contribution in [-0.2, 0) is 23.9 Å². The summed E-state index contributed by atoms with van der Waals surface area (Å²) < 4.78 is 7.29. The number of amides is 1. The monoisotopic (exact) mass is 512 g/mol. The number of hydrogen-bond donors (Lipinski definition) is 1. The van der Waals surface area contributed by atoms with Crippen LogP contribution in [0.25, 0.3) is 10.6 Å². The van der Waals surface area contributed by atoms with Crippen molar-refractivity contribution in [2.45, 2.75) is 12.1 Å². The maximum atomic E-state index is 13.6. The van der Waals surface area contributed by atoms with Crippen molar-refractivity contribution in [2.24, 2.45) is 7.05 Å². The molecule has 3 aromatic heterocycles. The summed E-state index contributed by atoms with van der Waals surface area (Å²) in [5.41, 5.74) is 1.62. The predicted molar refractivity (Wildman–Crippen MR) is 131 cm³/mol. The molecule has 0 unspecified atom stereocenters. The number of carbonyl (C=O) groups is 1. The normalized spacial score (nSPS) is 16.1. The van der Waals surface area contributed by atoms with Crippen molar-refractivity contribution in [3.63, 3.8) is 0 Å². The quantitative estimate of drug-likeness (QED) is 0.410. The van der Waals surface area contributed by atoms with Crippen LogP contribution in [0.2, 0.25) is 10.0 Å². The zero-order chi connectivity index (χ0) is 23.4. The second-order valence-corrected chi connectivity index (χ2v) is 10.1. The Morgan fingerprint density at radius 3 is 2.76 bits per heavy atom. The molecule has 2 aliphatic heterocycles. The van der Waals surface area contributed by atoms with Crippen molar-refractivity contribution in [1.29, 1.82) is 0 Å². The standard InChI is InChI=1S/C23H18Cl2N6O2S/c1-30-16(6-8-27-30)29-22-26-7-5-15(28-22)19-18(25)17-20(34-19)23(11-33-12-23)31(21(17)32)10-13-3-2-4-14(24)9-13/h2-9H,10-12H2,1H3,(H,26,28,29). The van der Waals surface area contributed by atoms with Crippen molar-refractivity contribution in [3.05, 3.63) is 74.8 Å². The smallest absolute Gasteiger partial charge is 0.257 e. The van der Waals surface area contributed by atoms with Gasteiger partial charge in [-0.05, 0) is 23.8 Å². The lowest BCUT2D eigenvalue weighted by molar-refractivity contribution is -0.126. The molecule has 1 saturated heterocycles. The molecule has 0 bridgehead atoms. The molecule has 1 amide bonds. The Bertz CT molecular complexity index is 1430. The summed E-state index contributed by atoms with van der Waals surface area (Å²) in [6.07, 6.45) is 3.35. The Balaban J connectivity index is 1.36. The van der Waals surface area contributed by atoms with Gasteiger partial charge in [-0.25, -0.2) is 9.97 Å². The van der Waals surface area contributed by atoms with E-state index in [0.717, 1.165) is 21.1 Å². The van der Waals surface area contributed by atoms with Crippen LogP contribution in [0.4, 0.5) is 11.8 Å². The molecule has 0 radical (unpaired) electrons. The Morgan fingerprint density at radius 2 is 2.06 bits per heavy atom. The number of nitrogens with one attached hydrogen (secondary N) is 1. The number of anilines is 2. The zero-order valence-corrected chi connectivity index (χ0v) is 20.3. The molecule has 1 fully saturated rings. The highest BCUT2D eigenvalue weighted by molar-refractivity contribution is 7.17. The van der Waals surface area contributed by atoms with E-state index < -0.39 is 5.54 Å². The van der Waals surface area contributed by atoms with Crippen LogP contribution in [0.15, 0.2) is 48.8 Å². The second-order valence-electron chi connectivity index (χ2n) is 8.23. The first-order valence-corrected chi connectivity index (χ1v) is 12.1. The van der Waals surface area contributed by atoms with Gasteiger partial charge >= 0.3 is 0 Å².